The van der Waals surface area contributed by atoms with Crippen LogP contribution in [-0.2, 0) is 47.6 Å². The predicted molar refractivity (Wildman–Crippen MR) is 78.3 cm³/mol. The average Bonchev–Trinajstić information content (AvgIpc) is 2.06. The number of nitrogens with zero attached hydrogens (tertiary/aromatic N) is 3. The molecule has 8 heteroatoms. The van der Waals surface area contributed by atoms with Crippen molar-refractivity contribution in [2.45, 2.75) is 0 Å². The Hall–Kier alpha value is 0.320. The summed E-state index contributed by atoms with van der Waals surface area (Å²) in [7, 11) is 7.31. The quantitative estimate of drug-likeness (QED) is 0.224. The van der Waals surface area contributed by atoms with E-state index in [0.717, 1.165) is 0 Å². The fourth-order valence-corrected chi connectivity index (χ4v) is 0. The van der Waals surface area contributed by atoms with Gasteiger partial charge in [-0.3, -0.25) is 0 Å². The van der Waals surface area contributed by atoms with Gasteiger partial charge in [-0.05, 0) is 0 Å². The molecular weight excluding hydrogens is 463 g/mol. The minimum absolute atomic E-state index is 0. The van der Waals surface area contributed by atoms with Crippen LogP contribution in [-0.4, -0.2) is 46.6 Å². The molecule has 0 aliphatic carbocycles. The summed E-state index contributed by atoms with van der Waals surface area (Å²) in [5.41, 5.74) is 0. The molecule has 96 valence electrons. The maximum absolute atomic E-state index is 7.21. The van der Waals surface area contributed by atoms with Crippen LogP contribution in [0.25, 0.3) is 0 Å². The number of hydrogen-bond acceptors (Lipinski definition) is 5. The number of nitriles is 1. The largest absolute Gasteiger partial charge is 3.00 e. The molecule has 0 bridgehead atoms. The first-order chi connectivity index (χ1) is 6.70. The predicted octanol–water partition coefficient (Wildman–Crippen LogP) is 1.10. The van der Waals surface area contributed by atoms with E-state index in [2.05, 4.69) is 56.6 Å². The topological polar surface area (TPSA) is 30.3 Å². The third kappa shape index (κ3) is 36.7. The van der Waals surface area contributed by atoms with E-state index in [-0.39, 0.29) is 22.4 Å². The number of thiocarbonyl (C=S) groups is 2. The molecular formula is C8H14AuN3S4. The van der Waals surface area contributed by atoms with E-state index >= 15 is 0 Å². The fraction of sp³-hybridized carbons (Fsp3) is 0.500. The van der Waals surface area contributed by atoms with Gasteiger partial charge in [0.2, 0.25) is 0 Å². The molecule has 0 radical (unpaired) electrons. The van der Waals surface area contributed by atoms with E-state index in [1.165, 1.54) is 6.07 Å². The SMILES string of the molecule is CN(C)C(=S)[S-].CN(C)C(=S)[S-].[Au+3].[CH2-]C#N. The first-order valence-corrected chi connectivity index (χ1v) is 5.26. The molecule has 0 N–H and O–H groups in total. The van der Waals surface area contributed by atoms with Gasteiger partial charge in [0.25, 0.3) is 0 Å². The molecule has 0 saturated carbocycles. The van der Waals surface area contributed by atoms with Gasteiger partial charge in [0.15, 0.2) is 0 Å². The molecule has 16 heavy (non-hydrogen) atoms. The molecule has 0 rings (SSSR count). The maximum Gasteiger partial charge on any atom is 3.00 e. The first-order valence-electron chi connectivity index (χ1n) is 3.63. The molecule has 0 aliphatic rings. The standard InChI is InChI=1S/2C3H7NS2.C2H2N.Au/c2*1-4(2)3(5)6;1-2-3;/h2*1-2H3,(H,5,6);1H2;/q;;-1;+3/p-2. The monoisotopic (exact) mass is 477 g/mol. The summed E-state index contributed by atoms with van der Waals surface area (Å²) in [4.78, 5) is 3.43. The van der Waals surface area contributed by atoms with Crippen molar-refractivity contribution in [2.75, 3.05) is 28.2 Å². The van der Waals surface area contributed by atoms with E-state index in [1.807, 2.05) is 28.2 Å². The van der Waals surface area contributed by atoms with Gasteiger partial charge in [0, 0.05) is 28.2 Å². The minimum Gasteiger partial charge on any atom is -0.411 e. The number of rotatable bonds is 0. The molecule has 0 fully saturated rings. The molecule has 0 atom stereocenters. The third-order valence-corrected chi connectivity index (χ3v) is 2.19. The second-order valence-corrected chi connectivity index (χ2v) is 4.54. The Kier molecular flexibility index (Phi) is 27.9. The zero-order valence-corrected chi connectivity index (χ0v) is 14.9. The molecule has 0 aromatic heterocycles. The average molecular weight is 477 g/mol. The molecule has 0 aromatic carbocycles. The van der Waals surface area contributed by atoms with Crippen LogP contribution < -0.4 is 0 Å². The Morgan fingerprint density at radius 3 is 1.12 bits per heavy atom. The van der Waals surface area contributed by atoms with E-state index in [0.29, 0.717) is 8.64 Å². The van der Waals surface area contributed by atoms with Gasteiger partial charge >= 0.3 is 22.4 Å². The van der Waals surface area contributed by atoms with Crippen molar-refractivity contribution in [1.29, 1.82) is 5.26 Å². The zero-order chi connectivity index (χ0) is 13.0. The third-order valence-electron chi connectivity index (χ3n) is 0.730. The van der Waals surface area contributed by atoms with Crippen LogP contribution >= 0.6 is 24.4 Å². The Morgan fingerprint density at radius 2 is 1.12 bits per heavy atom. The Labute approximate surface area is 136 Å². The Morgan fingerprint density at radius 1 is 1.06 bits per heavy atom. The van der Waals surface area contributed by atoms with Crippen molar-refractivity contribution in [3.05, 3.63) is 6.92 Å². The second-order valence-electron chi connectivity index (χ2n) is 2.48. The van der Waals surface area contributed by atoms with Gasteiger partial charge in [-0.15, -0.1) is 6.07 Å². The molecule has 0 heterocycles. The minimum atomic E-state index is 0. The van der Waals surface area contributed by atoms with Crippen LogP contribution in [0.2, 0.25) is 0 Å². The van der Waals surface area contributed by atoms with E-state index in [1.54, 1.807) is 9.80 Å². The summed E-state index contributed by atoms with van der Waals surface area (Å²) in [6.07, 6.45) is 0. The summed E-state index contributed by atoms with van der Waals surface area (Å²) in [5, 5.41) is 7.21. The van der Waals surface area contributed by atoms with Gasteiger partial charge in [-0.1, -0.05) is 8.64 Å². The first kappa shape index (κ1) is 25.2. The van der Waals surface area contributed by atoms with Crippen molar-refractivity contribution in [3.8, 4) is 6.07 Å². The normalized spacial score (nSPS) is 6.19. The van der Waals surface area contributed by atoms with Gasteiger partial charge < -0.3 is 66.4 Å². The van der Waals surface area contributed by atoms with Crippen molar-refractivity contribution in [3.63, 3.8) is 0 Å². The molecule has 0 aromatic rings. The van der Waals surface area contributed by atoms with Gasteiger partial charge in [0.1, 0.15) is 0 Å². The Balaban J connectivity index is -0.0000000692. The van der Waals surface area contributed by atoms with E-state index in [4.69, 9.17) is 5.26 Å². The van der Waals surface area contributed by atoms with Gasteiger partial charge in [-0.2, -0.15) is 0 Å². The molecule has 0 amide bonds. The molecule has 0 aliphatic heterocycles. The number of hydrogen-bond donors (Lipinski definition) is 0. The molecule has 0 saturated heterocycles. The molecule has 3 nitrogen and oxygen atoms in total. The van der Waals surface area contributed by atoms with Crippen molar-refractivity contribution < 1.29 is 22.4 Å². The van der Waals surface area contributed by atoms with Crippen LogP contribution in [0.1, 0.15) is 0 Å². The molecule has 0 unspecified atom stereocenters. The molecule has 0 spiro atoms. The van der Waals surface area contributed by atoms with Crippen LogP contribution in [0.5, 0.6) is 0 Å². The summed E-state index contributed by atoms with van der Waals surface area (Å²) >= 11 is 18.2. The second kappa shape index (κ2) is 17.7. The van der Waals surface area contributed by atoms with Gasteiger partial charge in [-0.25, -0.2) is 5.26 Å². The Bertz CT molecular complexity index is 208. The maximum atomic E-state index is 7.21. The van der Waals surface area contributed by atoms with Crippen molar-refractivity contribution in [2.24, 2.45) is 0 Å². The van der Waals surface area contributed by atoms with Crippen LogP contribution in [0.4, 0.5) is 0 Å². The van der Waals surface area contributed by atoms with Crippen molar-refractivity contribution in [1.82, 2.24) is 9.80 Å². The van der Waals surface area contributed by atoms with Crippen LogP contribution in [0.15, 0.2) is 0 Å². The van der Waals surface area contributed by atoms with Crippen molar-refractivity contribution >= 4 is 58.3 Å². The fourth-order valence-electron chi connectivity index (χ4n) is 0. The smallest absolute Gasteiger partial charge is 0.411 e. The zero-order valence-electron chi connectivity index (χ0n) is 9.48. The van der Waals surface area contributed by atoms with Crippen LogP contribution in [0.3, 0.4) is 0 Å². The summed E-state index contributed by atoms with van der Waals surface area (Å²) in [5.74, 6) is 0. The summed E-state index contributed by atoms with van der Waals surface area (Å²) in [6.45, 7) is 2.79. The van der Waals surface area contributed by atoms with Gasteiger partial charge in [0.05, 0.1) is 0 Å². The van der Waals surface area contributed by atoms with E-state index in [9.17, 15) is 0 Å². The van der Waals surface area contributed by atoms with Crippen LogP contribution in [0, 0.1) is 18.3 Å². The summed E-state index contributed by atoms with van der Waals surface area (Å²) in [6, 6.07) is 1.50. The van der Waals surface area contributed by atoms with E-state index < -0.39 is 0 Å². The summed E-state index contributed by atoms with van der Waals surface area (Å²) < 4.78 is 1.02.